The monoisotopic (exact) mass is 358 g/mol. The maximum Gasteiger partial charge on any atom is 0.312 e. The number of aromatic nitrogens is 2. The molecule has 0 saturated heterocycles. The SMILES string of the molecule is CCc1nc2ccc(F)cn2c1C(=O)Nc1ccc(OC)c([N+](=O)[O-])c1. The highest BCUT2D eigenvalue weighted by Crippen LogP contribution is 2.30. The van der Waals surface area contributed by atoms with Crippen molar-refractivity contribution in [2.24, 2.45) is 0 Å². The quantitative estimate of drug-likeness (QED) is 0.558. The third kappa shape index (κ3) is 3.06. The van der Waals surface area contributed by atoms with E-state index < -0.39 is 16.6 Å². The molecule has 8 nitrogen and oxygen atoms in total. The number of nitrogens with one attached hydrogen (secondary N) is 1. The lowest BCUT2D eigenvalue weighted by Gasteiger charge is -2.08. The van der Waals surface area contributed by atoms with E-state index in [-0.39, 0.29) is 22.8 Å². The number of carbonyl (C=O) groups excluding carboxylic acids is 1. The van der Waals surface area contributed by atoms with Crippen LogP contribution in [0.5, 0.6) is 5.75 Å². The number of imidazole rings is 1. The summed E-state index contributed by atoms with van der Waals surface area (Å²) in [6.45, 7) is 1.83. The summed E-state index contributed by atoms with van der Waals surface area (Å²) < 4.78 is 19.9. The molecule has 2 aromatic heterocycles. The lowest BCUT2D eigenvalue weighted by Crippen LogP contribution is -2.16. The maximum atomic E-state index is 13.6. The van der Waals surface area contributed by atoms with Crippen molar-refractivity contribution < 1.29 is 18.8 Å². The Hall–Kier alpha value is -3.49. The van der Waals surface area contributed by atoms with E-state index in [0.29, 0.717) is 17.8 Å². The van der Waals surface area contributed by atoms with Crippen molar-refractivity contribution in [2.45, 2.75) is 13.3 Å². The van der Waals surface area contributed by atoms with Gasteiger partial charge in [0.25, 0.3) is 5.91 Å². The van der Waals surface area contributed by atoms with Crippen molar-refractivity contribution in [1.29, 1.82) is 0 Å². The van der Waals surface area contributed by atoms with Crippen LogP contribution in [0.2, 0.25) is 0 Å². The number of nitrogens with zero attached hydrogens (tertiary/aromatic N) is 3. The zero-order chi connectivity index (χ0) is 18.8. The van der Waals surface area contributed by atoms with Gasteiger partial charge in [0.2, 0.25) is 0 Å². The maximum absolute atomic E-state index is 13.6. The number of aryl methyl sites for hydroxylation is 1. The molecule has 0 radical (unpaired) electrons. The number of fused-ring (bicyclic) bond motifs is 1. The van der Waals surface area contributed by atoms with Gasteiger partial charge in [0.15, 0.2) is 5.75 Å². The van der Waals surface area contributed by atoms with Gasteiger partial charge in [-0.1, -0.05) is 6.92 Å². The van der Waals surface area contributed by atoms with Crippen LogP contribution < -0.4 is 10.1 Å². The van der Waals surface area contributed by atoms with Gasteiger partial charge in [-0.3, -0.25) is 19.3 Å². The predicted molar refractivity (Wildman–Crippen MR) is 92.1 cm³/mol. The molecule has 3 aromatic rings. The van der Waals surface area contributed by atoms with Gasteiger partial charge >= 0.3 is 5.69 Å². The number of nitro groups is 1. The average Bonchev–Trinajstić information content (AvgIpc) is 2.99. The Morgan fingerprint density at radius 3 is 2.81 bits per heavy atom. The summed E-state index contributed by atoms with van der Waals surface area (Å²) in [6, 6.07) is 6.81. The number of anilines is 1. The number of hydrogen-bond acceptors (Lipinski definition) is 5. The standard InChI is InChI=1S/C17H15FN4O4/c1-3-12-16(21-9-10(18)4-7-15(21)20-12)17(23)19-11-5-6-14(26-2)13(8-11)22(24)25/h4-9H,3H2,1-2H3,(H,19,23). The lowest BCUT2D eigenvalue weighted by atomic mass is 10.2. The fourth-order valence-corrected chi connectivity index (χ4v) is 2.66. The number of benzene rings is 1. The molecule has 0 spiro atoms. The highest BCUT2D eigenvalue weighted by molar-refractivity contribution is 6.04. The Morgan fingerprint density at radius 1 is 1.38 bits per heavy atom. The topological polar surface area (TPSA) is 98.8 Å². The number of halogens is 1. The Labute approximate surface area is 147 Å². The van der Waals surface area contributed by atoms with Crippen LogP contribution in [0.4, 0.5) is 15.8 Å². The number of ether oxygens (including phenoxy) is 1. The third-order valence-electron chi connectivity index (χ3n) is 3.84. The van der Waals surface area contributed by atoms with Gasteiger partial charge in [-0.15, -0.1) is 0 Å². The molecule has 0 atom stereocenters. The first-order valence-corrected chi connectivity index (χ1v) is 7.74. The second-order valence-corrected chi connectivity index (χ2v) is 5.43. The molecule has 0 fully saturated rings. The van der Waals surface area contributed by atoms with Gasteiger partial charge in [-0.25, -0.2) is 9.37 Å². The molecule has 0 aliphatic heterocycles. The average molecular weight is 358 g/mol. The minimum absolute atomic E-state index is 0.0825. The summed E-state index contributed by atoms with van der Waals surface area (Å²) in [5.41, 5.74) is 1.06. The van der Waals surface area contributed by atoms with Crippen molar-refractivity contribution in [3.05, 3.63) is 63.8 Å². The minimum atomic E-state index is -0.602. The van der Waals surface area contributed by atoms with Crippen molar-refractivity contribution in [3.8, 4) is 5.75 Å². The number of hydrogen-bond donors (Lipinski definition) is 1. The molecule has 0 aliphatic carbocycles. The molecule has 2 heterocycles. The molecule has 1 aromatic carbocycles. The van der Waals surface area contributed by atoms with Crippen LogP contribution >= 0.6 is 0 Å². The van der Waals surface area contributed by atoms with E-state index in [1.165, 1.54) is 48.0 Å². The van der Waals surface area contributed by atoms with Gasteiger partial charge in [0.05, 0.1) is 17.7 Å². The number of pyridine rings is 1. The smallest absolute Gasteiger partial charge is 0.312 e. The number of carbonyl (C=O) groups is 1. The van der Waals surface area contributed by atoms with E-state index in [4.69, 9.17) is 4.74 Å². The zero-order valence-corrected chi connectivity index (χ0v) is 14.0. The molecule has 1 amide bonds. The zero-order valence-electron chi connectivity index (χ0n) is 14.0. The van der Waals surface area contributed by atoms with E-state index in [1.54, 1.807) is 0 Å². The molecule has 0 unspecified atom stereocenters. The Morgan fingerprint density at radius 2 is 2.15 bits per heavy atom. The van der Waals surface area contributed by atoms with Crippen molar-refractivity contribution in [2.75, 3.05) is 12.4 Å². The Balaban J connectivity index is 2.01. The second kappa shape index (κ2) is 6.79. The molecule has 0 aliphatic rings. The summed E-state index contributed by atoms with van der Waals surface area (Å²) in [5, 5.41) is 13.7. The van der Waals surface area contributed by atoms with Gasteiger partial charge in [-0.05, 0) is 30.7 Å². The van der Waals surface area contributed by atoms with Crippen LogP contribution in [-0.2, 0) is 6.42 Å². The molecule has 134 valence electrons. The summed E-state index contributed by atoms with van der Waals surface area (Å²) in [7, 11) is 1.32. The van der Waals surface area contributed by atoms with Gasteiger partial charge in [0, 0.05) is 18.0 Å². The van der Waals surface area contributed by atoms with Crippen molar-refractivity contribution in [1.82, 2.24) is 9.38 Å². The fourth-order valence-electron chi connectivity index (χ4n) is 2.66. The molecular formula is C17H15FN4O4. The molecule has 26 heavy (non-hydrogen) atoms. The number of methoxy groups -OCH3 is 1. The summed E-state index contributed by atoms with van der Waals surface area (Å²) in [6.07, 6.45) is 1.64. The van der Waals surface area contributed by atoms with Crippen LogP contribution in [0.25, 0.3) is 5.65 Å². The molecule has 0 bridgehead atoms. The molecular weight excluding hydrogens is 343 g/mol. The van der Waals surface area contributed by atoms with Crippen LogP contribution in [0, 0.1) is 15.9 Å². The predicted octanol–water partition coefficient (Wildman–Crippen LogP) is 3.20. The molecule has 0 saturated carbocycles. The van der Waals surface area contributed by atoms with E-state index in [0.717, 1.165) is 0 Å². The van der Waals surface area contributed by atoms with Gasteiger partial charge in [-0.2, -0.15) is 0 Å². The van der Waals surface area contributed by atoms with Gasteiger partial charge < -0.3 is 10.1 Å². The summed E-state index contributed by atoms with van der Waals surface area (Å²) >= 11 is 0. The molecule has 9 heteroatoms. The van der Waals surface area contributed by atoms with Crippen LogP contribution in [0.15, 0.2) is 36.5 Å². The molecule has 3 rings (SSSR count). The first-order chi connectivity index (χ1) is 12.4. The second-order valence-electron chi connectivity index (χ2n) is 5.43. The number of rotatable bonds is 5. The highest BCUT2D eigenvalue weighted by atomic mass is 19.1. The number of amides is 1. The first kappa shape index (κ1) is 17.3. The summed E-state index contributed by atoms with van der Waals surface area (Å²) in [5.74, 6) is -0.967. The van der Waals surface area contributed by atoms with Crippen molar-refractivity contribution >= 4 is 22.9 Å². The Bertz CT molecular complexity index is 1020. The van der Waals surface area contributed by atoms with Crippen LogP contribution in [-0.4, -0.2) is 27.3 Å². The normalized spacial score (nSPS) is 10.7. The number of nitro benzene ring substituents is 1. The van der Waals surface area contributed by atoms with Crippen LogP contribution in [0.1, 0.15) is 23.1 Å². The highest BCUT2D eigenvalue weighted by Gasteiger charge is 2.21. The molecule has 1 N–H and O–H groups in total. The van der Waals surface area contributed by atoms with Gasteiger partial charge in [0.1, 0.15) is 17.2 Å². The Kier molecular flexibility index (Phi) is 4.53. The van der Waals surface area contributed by atoms with Crippen LogP contribution in [0.3, 0.4) is 0 Å². The lowest BCUT2D eigenvalue weighted by molar-refractivity contribution is -0.385. The van der Waals surface area contributed by atoms with E-state index in [9.17, 15) is 19.3 Å². The minimum Gasteiger partial charge on any atom is -0.490 e. The van der Waals surface area contributed by atoms with E-state index >= 15 is 0 Å². The van der Waals surface area contributed by atoms with E-state index in [1.807, 2.05) is 6.92 Å². The summed E-state index contributed by atoms with van der Waals surface area (Å²) in [4.78, 5) is 27.6. The largest absolute Gasteiger partial charge is 0.490 e. The third-order valence-corrected chi connectivity index (χ3v) is 3.84. The fraction of sp³-hybridized carbons (Fsp3) is 0.176. The van der Waals surface area contributed by atoms with Crippen molar-refractivity contribution in [3.63, 3.8) is 0 Å². The first-order valence-electron chi connectivity index (χ1n) is 7.74. The van der Waals surface area contributed by atoms with E-state index in [2.05, 4.69) is 10.3 Å².